The zero-order valence-corrected chi connectivity index (χ0v) is 12.0. The number of nitrogens with zero attached hydrogens (tertiary/aromatic N) is 1. The standard InChI is InChI=1S/C14H23N3.ClH/c1-15-14-12-9-11(7-8-13(12)16-17-14)10-5-3-2-4-6-10;/h10-11H,2-9H2,1H3,(H2,15,16,17);1H. The molecule has 3 rings (SSSR count). The summed E-state index contributed by atoms with van der Waals surface area (Å²) in [5, 5.41) is 10.8. The average molecular weight is 270 g/mol. The monoisotopic (exact) mass is 269 g/mol. The quantitative estimate of drug-likeness (QED) is 0.862. The number of rotatable bonds is 2. The Kier molecular flexibility index (Phi) is 4.55. The van der Waals surface area contributed by atoms with Crippen LogP contribution < -0.4 is 5.32 Å². The first-order chi connectivity index (χ1) is 8.38. The van der Waals surface area contributed by atoms with Crippen LogP contribution in [0.3, 0.4) is 0 Å². The highest BCUT2D eigenvalue weighted by Gasteiger charge is 2.29. The summed E-state index contributed by atoms with van der Waals surface area (Å²) in [5.41, 5.74) is 2.84. The summed E-state index contributed by atoms with van der Waals surface area (Å²) >= 11 is 0. The molecule has 3 nitrogen and oxygen atoms in total. The van der Waals surface area contributed by atoms with Crippen LogP contribution in [0.5, 0.6) is 0 Å². The Labute approximate surface area is 116 Å². The molecule has 0 amide bonds. The molecule has 2 N–H and O–H groups in total. The lowest BCUT2D eigenvalue weighted by molar-refractivity contribution is 0.227. The maximum absolute atomic E-state index is 4.36. The first-order valence-electron chi connectivity index (χ1n) is 7.12. The molecule has 0 aromatic carbocycles. The van der Waals surface area contributed by atoms with Crippen LogP contribution in [0.4, 0.5) is 5.82 Å². The molecule has 102 valence electrons. The summed E-state index contributed by atoms with van der Waals surface area (Å²) in [7, 11) is 1.97. The van der Waals surface area contributed by atoms with Crippen molar-refractivity contribution in [1.29, 1.82) is 0 Å². The van der Waals surface area contributed by atoms with Gasteiger partial charge in [0.25, 0.3) is 0 Å². The molecule has 1 aromatic rings. The number of aromatic amines is 1. The van der Waals surface area contributed by atoms with Gasteiger partial charge in [-0.05, 0) is 31.1 Å². The van der Waals surface area contributed by atoms with Gasteiger partial charge in [-0.2, -0.15) is 5.10 Å². The number of aromatic nitrogens is 2. The Hall–Kier alpha value is -0.700. The highest BCUT2D eigenvalue weighted by atomic mass is 35.5. The number of hydrogen-bond donors (Lipinski definition) is 2. The second kappa shape index (κ2) is 5.96. The number of anilines is 1. The lowest BCUT2D eigenvalue weighted by Crippen LogP contribution is -2.24. The topological polar surface area (TPSA) is 40.7 Å². The summed E-state index contributed by atoms with van der Waals surface area (Å²) in [6, 6.07) is 0. The van der Waals surface area contributed by atoms with Gasteiger partial charge in [-0.15, -0.1) is 12.4 Å². The third-order valence-electron chi connectivity index (χ3n) is 4.74. The molecular weight excluding hydrogens is 246 g/mol. The van der Waals surface area contributed by atoms with Gasteiger partial charge in [0.05, 0.1) is 0 Å². The smallest absolute Gasteiger partial charge is 0.151 e. The molecule has 1 atom stereocenters. The van der Waals surface area contributed by atoms with Crippen molar-refractivity contribution < 1.29 is 0 Å². The van der Waals surface area contributed by atoms with E-state index < -0.39 is 0 Å². The third kappa shape index (κ3) is 2.51. The van der Waals surface area contributed by atoms with Gasteiger partial charge in [0.2, 0.25) is 0 Å². The van der Waals surface area contributed by atoms with E-state index >= 15 is 0 Å². The Balaban J connectivity index is 0.00000120. The van der Waals surface area contributed by atoms with Gasteiger partial charge in [-0.3, -0.25) is 5.10 Å². The molecule has 1 heterocycles. The van der Waals surface area contributed by atoms with E-state index in [4.69, 9.17) is 0 Å². The van der Waals surface area contributed by atoms with Crippen LogP contribution in [0.1, 0.15) is 49.8 Å². The summed E-state index contributed by atoms with van der Waals surface area (Å²) < 4.78 is 0. The molecule has 1 saturated carbocycles. The highest BCUT2D eigenvalue weighted by molar-refractivity contribution is 5.85. The van der Waals surface area contributed by atoms with Crippen LogP contribution in [0, 0.1) is 11.8 Å². The molecule has 4 heteroatoms. The van der Waals surface area contributed by atoms with Crippen LogP contribution in [-0.2, 0) is 12.8 Å². The average Bonchev–Trinajstić information content (AvgIpc) is 2.81. The van der Waals surface area contributed by atoms with Gasteiger partial charge in [0, 0.05) is 18.3 Å². The zero-order valence-electron chi connectivity index (χ0n) is 11.2. The van der Waals surface area contributed by atoms with Crippen molar-refractivity contribution in [1.82, 2.24) is 10.2 Å². The fourth-order valence-electron chi connectivity index (χ4n) is 3.74. The fraction of sp³-hybridized carbons (Fsp3) is 0.786. The van der Waals surface area contributed by atoms with Crippen molar-refractivity contribution in [3.05, 3.63) is 11.3 Å². The molecule has 0 radical (unpaired) electrons. The Bertz CT molecular complexity index is 369. The van der Waals surface area contributed by atoms with Crippen molar-refractivity contribution >= 4 is 18.2 Å². The van der Waals surface area contributed by atoms with Gasteiger partial charge in [0.1, 0.15) is 0 Å². The van der Waals surface area contributed by atoms with E-state index in [0.29, 0.717) is 0 Å². The number of H-pyrrole nitrogens is 1. The SMILES string of the molecule is CNc1n[nH]c2c1CC(C1CCCCC1)CC2.Cl. The minimum Gasteiger partial charge on any atom is -0.371 e. The van der Waals surface area contributed by atoms with Crippen molar-refractivity contribution in [3.8, 4) is 0 Å². The first kappa shape index (κ1) is 13.7. The molecule has 0 spiro atoms. The summed E-state index contributed by atoms with van der Waals surface area (Å²) in [5.74, 6) is 2.98. The first-order valence-corrected chi connectivity index (χ1v) is 7.12. The van der Waals surface area contributed by atoms with Crippen molar-refractivity contribution in [2.24, 2.45) is 11.8 Å². The van der Waals surface area contributed by atoms with E-state index in [9.17, 15) is 0 Å². The number of fused-ring (bicyclic) bond motifs is 1. The van der Waals surface area contributed by atoms with Gasteiger partial charge < -0.3 is 5.32 Å². The van der Waals surface area contributed by atoms with Crippen LogP contribution in [0.15, 0.2) is 0 Å². The van der Waals surface area contributed by atoms with Gasteiger partial charge in [0.15, 0.2) is 5.82 Å². The summed E-state index contributed by atoms with van der Waals surface area (Å²) in [4.78, 5) is 0. The van der Waals surface area contributed by atoms with Crippen LogP contribution in [0.2, 0.25) is 0 Å². The Morgan fingerprint density at radius 3 is 2.61 bits per heavy atom. The molecular formula is C14H24ClN3. The normalized spacial score (nSPS) is 24.2. The fourth-order valence-corrected chi connectivity index (χ4v) is 3.74. The molecule has 1 aromatic heterocycles. The Morgan fingerprint density at radius 2 is 1.89 bits per heavy atom. The van der Waals surface area contributed by atoms with Gasteiger partial charge >= 0.3 is 0 Å². The zero-order chi connectivity index (χ0) is 11.7. The largest absolute Gasteiger partial charge is 0.371 e. The van der Waals surface area contributed by atoms with Crippen molar-refractivity contribution in [2.45, 2.75) is 51.4 Å². The number of halogens is 1. The van der Waals surface area contributed by atoms with Crippen molar-refractivity contribution in [2.75, 3.05) is 12.4 Å². The lowest BCUT2D eigenvalue weighted by atomic mass is 9.73. The molecule has 2 aliphatic carbocycles. The maximum atomic E-state index is 4.36. The van der Waals surface area contributed by atoms with E-state index in [1.807, 2.05) is 7.05 Å². The second-order valence-corrected chi connectivity index (χ2v) is 5.68. The van der Waals surface area contributed by atoms with E-state index in [1.54, 1.807) is 0 Å². The number of aryl methyl sites for hydroxylation is 1. The number of hydrogen-bond acceptors (Lipinski definition) is 2. The van der Waals surface area contributed by atoms with E-state index in [1.165, 1.54) is 62.6 Å². The molecule has 1 fully saturated rings. The Morgan fingerprint density at radius 1 is 1.11 bits per heavy atom. The predicted molar refractivity (Wildman–Crippen MR) is 77.5 cm³/mol. The summed E-state index contributed by atoms with van der Waals surface area (Å²) in [6.45, 7) is 0. The van der Waals surface area contributed by atoms with Crippen molar-refractivity contribution in [3.63, 3.8) is 0 Å². The van der Waals surface area contributed by atoms with Gasteiger partial charge in [-0.25, -0.2) is 0 Å². The minimum atomic E-state index is 0. The maximum Gasteiger partial charge on any atom is 0.151 e. The van der Waals surface area contributed by atoms with Crippen LogP contribution >= 0.6 is 12.4 Å². The third-order valence-corrected chi connectivity index (χ3v) is 4.74. The van der Waals surface area contributed by atoms with E-state index in [-0.39, 0.29) is 12.4 Å². The highest BCUT2D eigenvalue weighted by Crippen LogP contribution is 2.38. The number of nitrogens with one attached hydrogen (secondary N) is 2. The molecule has 18 heavy (non-hydrogen) atoms. The molecule has 1 unspecified atom stereocenters. The minimum absolute atomic E-state index is 0. The van der Waals surface area contributed by atoms with Crippen LogP contribution in [0.25, 0.3) is 0 Å². The molecule has 0 aliphatic heterocycles. The van der Waals surface area contributed by atoms with Crippen LogP contribution in [-0.4, -0.2) is 17.2 Å². The van der Waals surface area contributed by atoms with E-state index in [2.05, 4.69) is 15.5 Å². The lowest BCUT2D eigenvalue weighted by Gasteiger charge is -2.32. The van der Waals surface area contributed by atoms with E-state index in [0.717, 1.165) is 17.7 Å². The molecule has 0 bridgehead atoms. The second-order valence-electron chi connectivity index (χ2n) is 5.68. The molecule has 2 aliphatic rings. The summed E-state index contributed by atoms with van der Waals surface area (Å²) in [6.07, 6.45) is 11.1. The van der Waals surface area contributed by atoms with Gasteiger partial charge in [-0.1, -0.05) is 32.1 Å². The predicted octanol–water partition coefficient (Wildman–Crippen LogP) is 3.56. The molecule has 0 saturated heterocycles.